The Morgan fingerprint density at radius 2 is 2.21 bits per heavy atom. The standard InChI is InChI=1S/C8H13ClO5/c1-8(2)13-3-4(14-8)6(10)5(9)7(11)12/h4-6,10H,3H2,1-2H3,(H,11,12)/t4-,5?,6-/m1/s1. The quantitative estimate of drug-likeness (QED) is 0.670. The number of hydrogen-bond donors (Lipinski definition) is 2. The molecule has 1 unspecified atom stereocenters. The summed E-state index contributed by atoms with van der Waals surface area (Å²) in [6, 6.07) is 0. The molecular formula is C8H13ClO5. The Balaban J connectivity index is 2.55. The zero-order valence-electron chi connectivity index (χ0n) is 7.94. The normalized spacial score (nSPS) is 29.9. The van der Waals surface area contributed by atoms with Gasteiger partial charge >= 0.3 is 5.97 Å². The van der Waals surface area contributed by atoms with Gasteiger partial charge in [0.05, 0.1) is 6.61 Å². The predicted molar refractivity (Wildman–Crippen MR) is 48.2 cm³/mol. The van der Waals surface area contributed by atoms with Crippen molar-refractivity contribution < 1.29 is 24.5 Å². The highest BCUT2D eigenvalue weighted by Gasteiger charge is 2.41. The first-order valence-electron chi connectivity index (χ1n) is 4.20. The van der Waals surface area contributed by atoms with Crippen LogP contribution in [0, 0.1) is 0 Å². The topological polar surface area (TPSA) is 76.0 Å². The summed E-state index contributed by atoms with van der Waals surface area (Å²) in [5, 5.41) is 16.7. The molecule has 1 aliphatic rings. The highest BCUT2D eigenvalue weighted by atomic mass is 35.5. The lowest BCUT2D eigenvalue weighted by molar-refractivity contribution is -0.156. The summed E-state index contributed by atoms with van der Waals surface area (Å²) in [6.07, 6.45) is -1.96. The fraction of sp³-hybridized carbons (Fsp3) is 0.875. The summed E-state index contributed by atoms with van der Waals surface area (Å²) in [5.74, 6) is -2.06. The Morgan fingerprint density at radius 1 is 1.64 bits per heavy atom. The van der Waals surface area contributed by atoms with E-state index in [1.807, 2.05) is 0 Å². The van der Waals surface area contributed by atoms with Crippen molar-refractivity contribution in [2.75, 3.05) is 6.61 Å². The molecule has 1 aliphatic heterocycles. The van der Waals surface area contributed by atoms with Crippen molar-refractivity contribution in [3.63, 3.8) is 0 Å². The number of aliphatic hydroxyl groups is 1. The number of carbonyl (C=O) groups is 1. The third-order valence-electron chi connectivity index (χ3n) is 1.95. The molecule has 0 radical (unpaired) electrons. The van der Waals surface area contributed by atoms with Crippen LogP contribution in [0.25, 0.3) is 0 Å². The molecule has 0 aliphatic carbocycles. The van der Waals surface area contributed by atoms with E-state index in [1.165, 1.54) is 0 Å². The predicted octanol–water partition coefficient (Wildman–Crippen LogP) is 0.191. The first-order chi connectivity index (χ1) is 6.33. The molecule has 6 heteroatoms. The highest BCUT2D eigenvalue weighted by Crippen LogP contribution is 2.26. The molecule has 0 aromatic heterocycles. The molecule has 1 saturated heterocycles. The lowest BCUT2D eigenvalue weighted by Gasteiger charge is -2.21. The fourth-order valence-corrected chi connectivity index (χ4v) is 1.38. The lowest BCUT2D eigenvalue weighted by Crippen LogP contribution is -2.41. The van der Waals surface area contributed by atoms with Gasteiger partial charge in [0.15, 0.2) is 11.2 Å². The molecule has 0 aromatic rings. The van der Waals surface area contributed by atoms with E-state index in [-0.39, 0.29) is 6.61 Å². The van der Waals surface area contributed by atoms with E-state index in [4.69, 9.17) is 26.2 Å². The molecule has 0 saturated carbocycles. The lowest BCUT2D eigenvalue weighted by atomic mass is 10.1. The van der Waals surface area contributed by atoms with Crippen molar-refractivity contribution in [1.82, 2.24) is 0 Å². The minimum absolute atomic E-state index is 0.144. The summed E-state index contributed by atoms with van der Waals surface area (Å²) in [7, 11) is 0. The van der Waals surface area contributed by atoms with E-state index in [9.17, 15) is 9.90 Å². The van der Waals surface area contributed by atoms with Crippen LogP contribution in [0.3, 0.4) is 0 Å². The van der Waals surface area contributed by atoms with Gasteiger partial charge in [0.1, 0.15) is 12.2 Å². The van der Waals surface area contributed by atoms with E-state index in [0.717, 1.165) is 0 Å². The van der Waals surface area contributed by atoms with Gasteiger partial charge in [0.2, 0.25) is 0 Å². The van der Waals surface area contributed by atoms with E-state index >= 15 is 0 Å². The Labute approximate surface area is 86.6 Å². The number of hydrogen-bond acceptors (Lipinski definition) is 4. The van der Waals surface area contributed by atoms with Crippen LogP contribution < -0.4 is 0 Å². The molecule has 5 nitrogen and oxygen atoms in total. The molecule has 0 aromatic carbocycles. The average Bonchev–Trinajstić information content (AvgIpc) is 2.43. The van der Waals surface area contributed by atoms with Crippen LogP contribution in [0.15, 0.2) is 0 Å². The van der Waals surface area contributed by atoms with Gasteiger partial charge in [-0.2, -0.15) is 0 Å². The summed E-state index contributed by atoms with van der Waals surface area (Å²) < 4.78 is 10.4. The number of aliphatic carboxylic acids is 1. The monoisotopic (exact) mass is 224 g/mol. The maximum absolute atomic E-state index is 10.5. The van der Waals surface area contributed by atoms with Crippen LogP contribution in [0.4, 0.5) is 0 Å². The number of carboxylic acid groups (broad SMARTS) is 1. The first kappa shape index (κ1) is 11.7. The number of alkyl halides is 1. The largest absolute Gasteiger partial charge is 0.480 e. The maximum atomic E-state index is 10.5. The second-order valence-electron chi connectivity index (χ2n) is 3.60. The third-order valence-corrected chi connectivity index (χ3v) is 2.39. The number of carboxylic acids is 1. The van der Waals surface area contributed by atoms with Crippen molar-refractivity contribution in [3.8, 4) is 0 Å². The van der Waals surface area contributed by atoms with Crippen molar-refractivity contribution in [2.45, 2.75) is 37.2 Å². The minimum atomic E-state index is -1.38. The Bertz CT molecular complexity index is 230. The van der Waals surface area contributed by atoms with E-state index in [0.29, 0.717) is 0 Å². The molecule has 82 valence electrons. The Kier molecular flexibility index (Phi) is 3.36. The van der Waals surface area contributed by atoms with Crippen molar-refractivity contribution >= 4 is 17.6 Å². The van der Waals surface area contributed by atoms with E-state index < -0.39 is 29.3 Å². The fourth-order valence-electron chi connectivity index (χ4n) is 1.22. The van der Waals surface area contributed by atoms with Gasteiger partial charge in [-0.25, -0.2) is 0 Å². The summed E-state index contributed by atoms with van der Waals surface area (Å²) in [5.41, 5.74) is 0. The van der Waals surface area contributed by atoms with Crippen LogP contribution >= 0.6 is 11.6 Å². The highest BCUT2D eigenvalue weighted by molar-refractivity contribution is 6.30. The smallest absolute Gasteiger partial charge is 0.324 e. The number of aliphatic hydroxyl groups excluding tert-OH is 1. The van der Waals surface area contributed by atoms with Crippen molar-refractivity contribution in [3.05, 3.63) is 0 Å². The van der Waals surface area contributed by atoms with Gasteiger partial charge < -0.3 is 19.7 Å². The van der Waals surface area contributed by atoms with Gasteiger partial charge in [-0.3, -0.25) is 4.79 Å². The Hall–Kier alpha value is -0.360. The molecule has 3 atom stereocenters. The minimum Gasteiger partial charge on any atom is -0.480 e. The second-order valence-corrected chi connectivity index (χ2v) is 4.07. The maximum Gasteiger partial charge on any atom is 0.324 e. The molecule has 1 heterocycles. The Morgan fingerprint density at radius 3 is 2.57 bits per heavy atom. The third kappa shape index (κ3) is 2.57. The van der Waals surface area contributed by atoms with Gasteiger partial charge in [-0.1, -0.05) is 0 Å². The van der Waals surface area contributed by atoms with Gasteiger partial charge in [-0.05, 0) is 13.8 Å². The second kappa shape index (κ2) is 4.02. The van der Waals surface area contributed by atoms with Crippen LogP contribution in [0.2, 0.25) is 0 Å². The molecule has 14 heavy (non-hydrogen) atoms. The molecule has 2 N–H and O–H groups in total. The van der Waals surface area contributed by atoms with Crippen molar-refractivity contribution in [2.24, 2.45) is 0 Å². The van der Waals surface area contributed by atoms with Crippen LogP contribution in [0.5, 0.6) is 0 Å². The van der Waals surface area contributed by atoms with Gasteiger partial charge in [0.25, 0.3) is 0 Å². The molecule has 0 bridgehead atoms. The molecule has 1 rings (SSSR count). The van der Waals surface area contributed by atoms with Gasteiger partial charge in [0, 0.05) is 0 Å². The molecule has 0 spiro atoms. The first-order valence-corrected chi connectivity index (χ1v) is 4.64. The summed E-state index contributed by atoms with van der Waals surface area (Å²) in [4.78, 5) is 10.5. The van der Waals surface area contributed by atoms with Crippen molar-refractivity contribution in [1.29, 1.82) is 0 Å². The zero-order chi connectivity index (χ0) is 10.9. The van der Waals surface area contributed by atoms with Crippen LogP contribution in [-0.2, 0) is 14.3 Å². The SMILES string of the molecule is CC1(C)OC[C@H]([C@@H](O)C(Cl)C(=O)O)O1. The summed E-state index contributed by atoms with van der Waals surface area (Å²) >= 11 is 5.45. The summed E-state index contributed by atoms with van der Waals surface area (Å²) in [6.45, 7) is 3.51. The molecular weight excluding hydrogens is 212 g/mol. The average molecular weight is 225 g/mol. The van der Waals surface area contributed by atoms with E-state index in [2.05, 4.69) is 0 Å². The zero-order valence-corrected chi connectivity index (χ0v) is 8.69. The van der Waals surface area contributed by atoms with Gasteiger partial charge in [-0.15, -0.1) is 11.6 Å². The molecule has 1 fully saturated rings. The number of rotatable bonds is 3. The number of ether oxygens (including phenoxy) is 2. The van der Waals surface area contributed by atoms with Crippen LogP contribution in [-0.4, -0.2) is 46.2 Å². The van der Waals surface area contributed by atoms with Crippen LogP contribution in [0.1, 0.15) is 13.8 Å². The van der Waals surface area contributed by atoms with E-state index in [1.54, 1.807) is 13.8 Å². The number of halogens is 1. The molecule has 0 amide bonds.